The molecule has 0 radical (unpaired) electrons. The number of carboxylic acids is 1. The van der Waals surface area contributed by atoms with Crippen molar-refractivity contribution < 1.29 is 23.8 Å². The molecular formula is C11H13FO4. The van der Waals surface area contributed by atoms with Gasteiger partial charge in [-0.15, -0.1) is 0 Å². The monoisotopic (exact) mass is 228 g/mol. The molecule has 0 saturated heterocycles. The normalized spacial score (nSPS) is 12.2. The molecule has 1 aromatic rings. The molecule has 0 aromatic heterocycles. The topological polar surface area (TPSA) is 55.8 Å². The van der Waals surface area contributed by atoms with Crippen molar-refractivity contribution >= 4 is 5.97 Å². The number of aliphatic carboxylic acids is 1. The average molecular weight is 228 g/mol. The van der Waals surface area contributed by atoms with E-state index in [1.54, 1.807) is 6.07 Å². The Morgan fingerprint density at radius 2 is 2.25 bits per heavy atom. The second-order valence-corrected chi connectivity index (χ2v) is 3.25. The van der Waals surface area contributed by atoms with Gasteiger partial charge in [-0.25, -0.2) is 9.18 Å². The van der Waals surface area contributed by atoms with E-state index in [0.29, 0.717) is 11.3 Å². The summed E-state index contributed by atoms with van der Waals surface area (Å²) < 4.78 is 23.2. The number of hydrogen-bond acceptors (Lipinski definition) is 3. The number of methoxy groups -OCH3 is 1. The fraction of sp³-hybridized carbons (Fsp3) is 0.364. The average Bonchev–Trinajstić information content (AvgIpc) is 2.26. The summed E-state index contributed by atoms with van der Waals surface area (Å²) in [6.45, 7) is 1.31. The second kappa shape index (κ2) is 5.46. The highest BCUT2D eigenvalue weighted by molar-refractivity contribution is 5.71. The van der Waals surface area contributed by atoms with Crippen LogP contribution < -0.4 is 4.74 Å². The lowest BCUT2D eigenvalue weighted by Gasteiger charge is -2.09. The van der Waals surface area contributed by atoms with E-state index < -0.39 is 17.9 Å². The highest BCUT2D eigenvalue weighted by Gasteiger charge is 2.12. The molecule has 0 amide bonds. The van der Waals surface area contributed by atoms with Gasteiger partial charge in [-0.3, -0.25) is 0 Å². The molecule has 0 unspecified atom stereocenters. The molecule has 0 aliphatic carbocycles. The first-order valence-electron chi connectivity index (χ1n) is 4.71. The van der Waals surface area contributed by atoms with Gasteiger partial charge in [0.1, 0.15) is 11.6 Å². The number of ether oxygens (including phenoxy) is 2. The number of rotatable bonds is 5. The van der Waals surface area contributed by atoms with Crippen molar-refractivity contribution in [2.75, 3.05) is 7.11 Å². The van der Waals surface area contributed by atoms with Gasteiger partial charge in [0.15, 0.2) is 6.10 Å². The molecule has 0 heterocycles. The lowest BCUT2D eigenvalue weighted by molar-refractivity contribution is -0.149. The maximum Gasteiger partial charge on any atom is 0.332 e. The van der Waals surface area contributed by atoms with Crippen molar-refractivity contribution in [1.29, 1.82) is 0 Å². The van der Waals surface area contributed by atoms with Gasteiger partial charge < -0.3 is 14.6 Å². The number of hydrogen-bond donors (Lipinski definition) is 1. The minimum absolute atomic E-state index is 0.0801. The largest absolute Gasteiger partial charge is 0.497 e. The molecule has 0 saturated carbocycles. The number of halogens is 1. The first kappa shape index (κ1) is 12.4. The minimum Gasteiger partial charge on any atom is -0.497 e. The highest BCUT2D eigenvalue weighted by atomic mass is 19.1. The van der Waals surface area contributed by atoms with Crippen LogP contribution in [0.15, 0.2) is 18.2 Å². The predicted octanol–water partition coefficient (Wildman–Crippen LogP) is 1.82. The summed E-state index contributed by atoms with van der Waals surface area (Å²) in [6, 6.07) is 4.32. The van der Waals surface area contributed by atoms with Crippen LogP contribution in [0, 0.1) is 5.82 Å². The van der Waals surface area contributed by atoms with E-state index in [4.69, 9.17) is 14.6 Å². The molecule has 5 heteroatoms. The Labute approximate surface area is 92.6 Å². The van der Waals surface area contributed by atoms with E-state index in [9.17, 15) is 9.18 Å². The standard InChI is InChI=1S/C11H13FO4/c1-7(11(13)14)16-6-8-3-4-9(15-2)5-10(8)12/h3-5,7H,6H2,1-2H3,(H,13,14)/t7-/m0/s1. The second-order valence-electron chi connectivity index (χ2n) is 3.25. The van der Waals surface area contributed by atoms with E-state index >= 15 is 0 Å². The third-order valence-corrected chi connectivity index (χ3v) is 2.10. The maximum absolute atomic E-state index is 13.4. The molecule has 1 N–H and O–H groups in total. The van der Waals surface area contributed by atoms with Crippen molar-refractivity contribution in [1.82, 2.24) is 0 Å². The molecule has 1 atom stereocenters. The van der Waals surface area contributed by atoms with Gasteiger partial charge in [-0.05, 0) is 13.0 Å². The van der Waals surface area contributed by atoms with Crippen molar-refractivity contribution in [3.05, 3.63) is 29.6 Å². The van der Waals surface area contributed by atoms with Gasteiger partial charge in [-0.1, -0.05) is 6.07 Å². The third-order valence-electron chi connectivity index (χ3n) is 2.10. The summed E-state index contributed by atoms with van der Waals surface area (Å²) in [5, 5.41) is 8.57. The molecule has 0 bridgehead atoms. The molecule has 16 heavy (non-hydrogen) atoms. The first-order valence-corrected chi connectivity index (χ1v) is 4.71. The van der Waals surface area contributed by atoms with Gasteiger partial charge in [-0.2, -0.15) is 0 Å². The Bertz CT molecular complexity index is 378. The zero-order chi connectivity index (χ0) is 12.1. The Morgan fingerprint density at radius 1 is 1.56 bits per heavy atom. The van der Waals surface area contributed by atoms with Crippen LogP contribution in [-0.2, 0) is 16.1 Å². The van der Waals surface area contributed by atoms with Gasteiger partial charge >= 0.3 is 5.97 Å². The number of carbonyl (C=O) groups is 1. The fourth-order valence-corrected chi connectivity index (χ4v) is 1.06. The van der Waals surface area contributed by atoms with Gasteiger partial charge in [0.05, 0.1) is 13.7 Å². The van der Waals surface area contributed by atoms with E-state index in [0.717, 1.165) is 0 Å². The zero-order valence-corrected chi connectivity index (χ0v) is 9.07. The van der Waals surface area contributed by atoms with Crippen LogP contribution in [0.2, 0.25) is 0 Å². The summed E-state index contributed by atoms with van der Waals surface area (Å²) in [5.74, 6) is -1.14. The minimum atomic E-state index is -1.08. The van der Waals surface area contributed by atoms with Crippen LogP contribution in [0.5, 0.6) is 5.75 Å². The van der Waals surface area contributed by atoms with Crippen LogP contribution in [0.3, 0.4) is 0 Å². The molecule has 4 nitrogen and oxygen atoms in total. The van der Waals surface area contributed by atoms with Crippen molar-refractivity contribution in [3.63, 3.8) is 0 Å². The first-order chi connectivity index (χ1) is 7.54. The highest BCUT2D eigenvalue weighted by Crippen LogP contribution is 2.17. The number of benzene rings is 1. The van der Waals surface area contributed by atoms with E-state index in [1.807, 2.05) is 0 Å². The van der Waals surface area contributed by atoms with Crippen LogP contribution >= 0.6 is 0 Å². The molecule has 0 fully saturated rings. The molecule has 0 aliphatic rings. The molecule has 0 spiro atoms. The summed E-state index contributed by atoms with van der Waals surface area (Å²) in [6.07, 6.45) is -0.957. The Kier molecular flexibility index (Phi) is 4.25. The van der Waals surface area contributed by atoms with Gasteiger partial charge in [0.25, 0.3) is 0 Å². The summed E-state index contributed by atoms with van der Waals surface area (Å²) in [5.41, 5.74) is 0.300. The van der Waals surface area contributed by atoms with Crippen LogP contribution in [-0.4, -0.2) is 24.3 Å². The molecule has 1 aromatic carbocycles. The van der Waals surface area contributed by atoms with Crippen molar-refractivity contribution in [2.24, 2.45) is 0 Å². The lowest BCUT2D eigenvalue weighted by Crippen LogP contribution is -2.19. The Balaban J connectivity index is 2.64. The zero-order valence-electron chi connectivity index (χ0n) is 9.07. The predicted molar refractivity (Wildman–Crippen MR) is 54.8 cm³/mol. The van der Waals surface area contributed by atoms with Gasteiger partial charge in [0, 0.05) is 11.6 Å². The quantitative estimate of drug-likeness (QED) is 0.835. The smallest absolute Gasteiger partial charge is 0.332 e. The summed E-state index contributed by atoms with van der Waals surface area (Å²) in [4.78, 5) is 10.5. The molecular weight excluding hydrogens is 215 g/mol. The van der Waals surface area contributed by atoms with Crippen LogP contribution in [0.1, 0.15) is 12.5 Å². The van der Waals surface area contributed by atoms with E-state index in [2.05, 4.69) is 0 Å². The summed E-state index contributed by atoms with van der Waals surface area (Å²) >= 11 is 0. The third kappa shape index (κ3) is 3.20. The van der Waals surface area contributed by atoms with E-state index in [1.165, 1.54) is 26.2 Å². The van der Waals surface area contributed by atoms with Crippen LogP contribution in [0.4, 0.5) is 4.39 Å². The molecule has 1 rings (SSSR count). The fourth-order valence-electron chi connectivity index (χ4n) is 1.06. The summed E-state index contributed by atoms with van der Waals surface area (Å²) in [7, 11) is 1.44. The Morgan fingerprint density at radius 3 is 2.75 bits per heavy atom. The SMILES string of the molecule is COc1ccc(CO[C@@H](C)C(=O)O)c(F)c1. The molecule has 0 aliphatic heterocycles. The Hall–Kier alpha value is -1.62. The van der Waals surface area contributed by atoms with E-state index in [-0.39, 0.29) is 6.61 Å². The van der Waals surface area contributed by atoms with Gasteiger partial charge in [0.2, 0.25) is 0 Å². The van der Waals surface area contributed by atoms with Crippen molar-refractivity contribution in [2.45, 2.75) is 19.6 Å². The number of carboxylic acid groups (broad SMARTS) is 1. The van der Waals surface area contributed by atoms with Crippen LogP contribution in [0.25, 0.3) is 0 Å². The van der Waals surface area contributed by atoms with Crippen molar-refractivity contribution in [3.8, 4) is 5.75 Å². The maximum atomic E-state index is 13.4. The molecule has 88 valence electrons. The lowest BCUT2D eigenvalue weighted by atomic mass is 10.2.